The Hall–Kier alpha value is -2.30. The van der Waals surface area contributed by atoms with Gasteiger partial charge in [-0.15, -0.1) is 0 Å². The topological polar surface area (TPSA) is 55.8 Å². The maximum absolute atomic E-state index is 12.1. The van der Waals surface area contributed by atoms with E-state index in [9.17, 15) is 9.59 Å². The lowest BCUT2D eigenvalue weighted by Crippen LogP contribution is -2.33. The summed E-state index contributed by atoms with van der Waals surface area (Å²) in [6.45, 7) is 12.0. The van der Waals surface area contributed by atoms with Crippen LogP contribution in [0.3, 0.4) is 0 Å². The van der Waals surface area contributed by atoms with Crippen LogP contribution >= 0.6 is 0 Å². The van der Waals surface area contributed by atoms with Crippen molar-refractivity contribution in [1.82, 2.24) is 4.90 Å². The maximum atomic E-state index is 12.1. The molecule has 5 heteroatoms. The standard InChI is InChI=1S/C21H27NO4/c1-20(2,3)25-16-10-8-13-14(19(16)26-21(4,5)6)7-9-15(13)22-17(23)11-12-18(22)24/h8,10-12,15H,7,9H2,1-6H3/t15-/m0/s1. The molecule has 0 bridgehead atoms. The van der Waals surface area contributed by atoms with Crippen LogP contribution < -0.4 is 9.47 Å². The molecule has 0 aromatic heterocycles. The molecule has 2 amide bonds. The van der Waals surface area contributed by atoms with E-state index >= 15 is 0 Å². The number of ether oxygens (including phenoxy) is 2. The number of carbonyl (C=O) groups is 2. The van der Waals surface area contributed by atoms with Gasteiger partial charge < -0.3 is 9.47 Å². The second kappa shape index (κ2) is 6.15. The number of hydrogen-bond acceptors (Lipinski definition) is 4. The van der Waals surface area contributed by atoms with Crippen LogP contribution in [0.4, 0.5) is 0 Å². The highest BCUT2D eigenvalue weighted by molar-refractivity contribution is 6.13. The van der Waals surface area contributed by atoms with Gasteiger partial charge >= 0.3 is 0 Å². The molecule has 1 aromatic rings. The zero-order valence-electron chi connectivity index (χ0n) is 16.4. The Labute approximate surface area is 155 Å². The molecule has 0 fully saturated rings. The average Bonchev–Trinajstić information content (AvgIpc) is 3.02. The van der Waals surface area contributed by atoms with E-state index in [0.717, 1.165) is 23.3 Å². The maximum Gasteiger partial charge on any atom is 0.254 e. The van der Waals surface area contributed by atoms with E-state index in [4.69, 9.17) is 9.47 Å². The Bertz CT molecular complexity index is 762. The summed E-state index contributed by atoms with van der Waals surface area (Å²) in [6.07, 6.45) is 4.12. The molecule has 5 nitrogen and oxygen atoms in total. The summed E-state index contributed by atoms with van der Waals surface area (Å²) in [6, 6.07) is 3.61. The SMILES string of the molecule is CC(C)(C)Oc1ccc2c(c1OC(C)(C)C)CC[C@@H]2N1C(=O)C=CC1=O. The average molecular weight is 357 g/mol. The van der Waals surface area contributed by atoms with Crippen molar-refractivity contribution in [3.63, 3.8) is 0 Å². The Kier molecular flexibility index (Phi) is 4.37. The second-order valence-electron chi connectivity index (χ2n) is 8.82. The summed E-state index contributed by atoms with van der Waals surface area (Å²) in [5, 5.41) is 0. The number of amides is 2. The Morgan fingerprint density at radius 2 is 1.50 bits per heavy atom. The van der Waals surface area contributed by atoms with Gasteiger partial charge in [0.2, 0.25) is 0 Å². The van der Waals surface area contributed by atoms with Gasteiger partial charge in [0.05, 0.1) is 6.04 Å². The molecule has 1 heterocycles. The van der Waals surface area contributed by atoms with Crippen molar-refractivity contribution in [3.05, 3.63) is 35.4 Å². The molecule has 0 saturated heterocycles. The zero-order valence-corrected chi connectivity index (χ0v) is 16.4. The van der Waals surface area contributed by atoms with Gasteiger partial charge in [-0.25, -0.2) is 0 Å². The van der Waals surface area contributed by atoms with Crippen LogP contribution in [0.25, 0.3) is 0 Å². The lowest BCUT2D eigenvalue weighted by molar-refractivity contribution is -0.139. The molecule has 140 valence electrons. The third-order valence-electron chi connectivity index (χ3n) is 4.27. The summed E-state index contributed by atoms with van der Waals surface area (Å²) < 4.78 is 12.4. The normalized spacial score (nSPS) is 19.9. The molecule has 0 unspecified atom stereocenters. The van der Waals surface area contributed by atoms with Crippen LogP contribution in [-0.4, -0.2) is 27.9 Å². The highest BCUT2D eigenvalue weighted by atomic mass is 16.5. The van der Waals surface area contributed by atoms with Gasteiger partial charge in [-0.05, 0) is 66.0 Å². The molecule has 3 rings (SSSR count). The fraction of sp³-hybridized carbons (Fsp3) is 0.524. The Morgan fingerprint density at radius 1 is 0.923 bits per heavy atom. The van der Waals surface area contributed by atoms with Gasteiger partial charge in [-0.3, -0.25) is 14.5 Å². The first kappa shape index (κ1) is 18.5. The Morgan fingerprint density at radius 3 is 2.04 bits per heavy atom. The van der Waals surface area contributed by atoms with E-state index in [1.165, 1.54) is 17.1 Å². The molecular formula is C21H27NO4. The molecule has 0 N–H and O–H groups in total. The summed E-state index contributed by atoms with van der Waals surface area (Å²) in [5.41, 5.74) is 1.26. The van der Waals surface area contributed by atoms with Crippen LogP contribution in [0.1, 0.15) is 65.1 Å². The number of nitrogens with zero attached hydrogens (tertiary/aromatic N) is 1. The minimum Gasteiger partial charge on any atom is -0.484 e. The third kappa shape index (κ3) is 3.62. The molecule has 1 atom stereocenters. The van der Waals surface area contributed by atoms with Crippen molar-refractivity contribution in [2.24, 2.45) is 0 Å². The number of carbonyl (C=O) groups excluding carboxylic acids is 2. The van der Waals surface area contributed by atoms with Gasteiger partial charge in [-0.1, -0.05) is 6.07 Å². The fourth-order valence-corrected chi connectivity index (χ4v) is 3.44. The van der Waals surface area contributed by atoms with Crippen molar-refractivity contribution in [2.45, 2.75) is 71.6 Å². The molecule has 0 spiro atoms. The van der Waals surface area contributed by atoms with Gasteiger partial charge in [0, 0.05) is 17.7 Å². The summed E-state index contributed by atoms with van der Waals surface area (Å²) in [7, 11) is 0. The number of hydrogen-bond donors (Lipinski definition) is 0. The van der Waals surface area contributed by atoms with E-state index in [1.54, 1.807) is 0 Å². The van der Waals surface area contributed by atoms with Gasteiger partial charge in [0.1, 0.15) is 11.2 Å². The summed E-state index contributed by atoms with van der Waals surface area (Å²) >= 11 is 0. The van der Waals surface area contributed by atoms with E-state index in [1.807, 2.05) is 53.7 Å². The van der Waals surface area contributed by atoms with Crippen molar-refractivity contribution < 1.29 is 19.1 Å². The monoisotopic (exact) mass is 357 g/mol. The second-order valence-corrected chi connectivity index (χ2v) is 8.82. The molecule has 0 radical (unpaired) electrons. The van der Waals surface area contributed by atoms with E-state index < -0.39 is 0 Å². The van der Waals surface area contributed by atoms with Crippen molar-refractivity contribution in [3.8, 4) is 11.5 Å². The predicted octanol–water partition coefficient (Wildman–Crippen LogP) is 3.95. The largest absolute Gasteiger partial charge is 0.484 e. The summed E-state index contributed by atoms with van der Waals surface area (Å²) in [4.78, 5) is 25.6. The van der Waals surface area contributed by atoms with Crippen molar-refractivity contribution >= 4 is 11.8 Å². The molecule has 26 heavy (non-hydrogen) atoms. The van der Waals surface area contributed by atoms with E-state index in [0.29, 0.717) is 12.2 Å². The molecule has 2 aliphatic rings. The minimum atomic E-state index is -0.385. The van der Waals surface area contributed by atoms with Gasteiger partial charge in [-0.2, -0.15) is 0 Å². The van der Waals surface area contributed by atoms with Crippen LogP contribution in [-0.2, 0) is 16.0 Å². The molecule has 1 aromatic carbocycles. The smallest absolute Gasteiger partial charge is 0.254 e. The number of fused-ring (bicyclic) bond motifs is 1. The molecular weight excluding hydrogens is 330 g/mol. The van der Waals surface area contributed by atoms with E-state index in [-0.39, 0.29) is 29.1 Å². The quantitative estimate of drug-likeness (QED) is 0.769. The number of imide groups is 1. The third-order valence-corrected chi connectivity index (χ3v) is 4.27. The lowest BCUT2D eigenvalue weighted by Gasteiger charge is -2.29. The first-order chi connectivity index (χ1) is 12.0. The lowest BCUT2D eigenvalue weighted by atomic mass is 10.0. The zero-order chi connectivity index (χ0) is 19.3. The molecule has 1 aliphatic heterocycles. The van der Waals surface area contributed by atoms with Crippen molar-refractivity contribution in [1.29, 1.82) is 0 Å². The highest BCUT2D eigenvalue weighted by Gasteiger charge is 2.38. The molecule has 0 saturated carbocycles. The number of benzene rings is 1. The fourth-order valence-electron chi connectivity index (χ4n) is 3.44. The van der Waals surface area contributed by atoms with E-state index in [2.05, 4.69) is 0 Å². The summed E-state index contributed by atoms with van der Waals surface area (Å²) in [5.74, 6) is 0.922. The van der Waals surface area contributed by atoms with Crippen LogP contribution in [0.15, 0.2) is 24.3 Å². The minimum absolute atomic E-state index is 0.244. The number of rotatable bonds is 3. The van der Waals surface area contributed by atoms with Crippen molar-refractivity contribution in [2.75, 3.05) is 0 Å². The molecule has 1 aliphatic carbocycles. The first-order valence-corrected chi connectivity index (χ1v) is 9.05. The van der Waals surface area contributed by atoms with Gasteiger partial charge in [0.15, 0.2) is 11.5 Å². The predicted molar refractivity (Wildman–Crippen MR) is 99.3 cm³/mol. The van der Waals surface area contributed by atoms with Crippen LogP contribution in [0.2, 0.25) is 0 Å². The Balaban J connectivity index is 2.04. The van der Waals surface area contributed by atoms with Crippen LogP contribution in [0.5, 0.6) is 11.5 Å². The highest BCUT2D eigenvalue weighted by Crippen LogP contribution is 2.47. The van der Waals surface area contributed by atoms with Crippen LogP contribution in [0, 0.1) is 0 Å². The first-order valence-electron chi connectivity index (χ1n) is 9.05. The van der Waals surface area contributed by atoms with Gasteiger partial charge in [0.25, 0.3) is 11.8 Å².